The Morgan fingerprint density at radius 3 is 1.43 bits per heavy atom. The standard InChI is InChI=1S/C5H10Br2O2.H3O4P/c1-4(2,3-8)5(6,7)9;1-5(2,3)4/h8-9H,3H2,1-2H3;(H3,1,2,3,4). The molecular weight excluding hydrogens is 347 g/mol. The van der Waals surface area contributed by atoms with E-state index < -0.39 is 16.7 Å². The molecule has 0 aliphatic rings. The van der Waals surface area contributed by atoms with Crippen molar-refractivity contribution >= 4 is 39.7 Å². The molecule has 0 amide bonds. The molecule has 14 heavy (non-hydrogen) atoms. The first kappa shape index (κ1) is 17.4. The number of halogens is 2. The quantitative estimate of drug-likeness (QED) is 0.362. The maximum absolute atomic E-state index is 9.22. The molecule has 6 nitrogen and oxygen atoms in total. The van der Waals surface area contributed by atoms with E-state index in [-0.39, 0.29) is 6.61 Å². The summed E-state index contributed by atoms with van der Waals surface area (Å²) in [5, 5.41) is 17.9. The van der Waals surface area contributed by atoms with Gasteiger partial charge in [-0.2, -0.15) is 0 Å². The molecule has 9 heteroatoms. The van der Waals surface area contributed by atoms with Crippen molar-refractivity contribution in [2.24, 2.45) is 5.41 Å². The van der Waals surface area contributed by atoms with E-state index in [1.54, 1.807) is 13.8 Å². The molecular formula is C5H13Br2O6P. The van der Waals surface area contributed by atoms with Gasteiger partial charge in [0.05, 0.1) is 6.61 Å². The smallest absolute Gasteiger partial charge is 0.396 e. The van der Waals surface area contributed by atoms with Crippen LogP contribution in [-0.2, 0) is 4.57 Å². The zero-order valence-electron chi connectivity index (χ0n) is 7.55. The van der Waals surface area contributed by atoms with Gasteiger partial charge in [0.25, 0.3) is 0 Å². The molecule has 0 fully saturated rings. The summed E-state index contributed by atoms with van der Waals surface area (Å²) in [6, 6.07) is 0. The third kappa shape index (κ3) is 11.1. The average molecular weight is 360 g/mol. The Kier molecular flexibility index (Phi) is 7.34. The van der Waals surface area contributed by atoms with Crippen molar-refractivity contribution in [2.45, 2.75) is 17.3 Å². The van der Waals surface area contributed by atoms with Gasteiger partial charge in [-0.25, -0.2) is 4.57 Å². The van der Waals surface area contributed by atoms with E-state index in [0.717, 1.165) is 0 Å². The van der Waals surface area contributed by atoms with Crippen LogP contribution in [0, 0.1) is 5.41 Å². The largest absolute Gasteiger partial charge is 0.466 e. The van der Waals surface area contributed by atoms with Crippen LogP contribution in [0.4, 0.5) is 0 Å². The number of alkyl halides is 2. The molecule has 5 N–H and O–H groups in total. The first-order valence-electron chi connectivity index (χ1n) is 3.30. The summed E-state index contributed by atoms with van der Waals surface area (Å²) in [6.45, 7) is 3.38. The molecule has 88 valence electrons. The lowest BCUT2D eigenvalue weighted by Crippen LogP contribution is -2.36. The zero-order chi connectivity index (χ0) is 12.2. The van der Waals surface area contributed by atoms with E-state index in [0.29, 0.717) is 0 Å². The Hall–Kier alpha value is 0.990. The van der Waals surface area contributed by atoms with Gasteiger partial charge >= 0.3 is 7.82 Å². The van der Waals surface area contributed by atoms with Gasteiger partial charge in [-0.15, -0.1) is 0 Å². The number of hydrogen-bond acceptors (Lipinski definition) is 3. The van der Waals surface area contributed by atoms with Crippen molar-refractivity contribution in [3.05, 3.63) is 0 Å². The summed E-state index contributed by atoms with van der Waals surface area (Å²) >= 11 is 5.94. The molecule has 0 unspecified atom stereocenters. The number of rotatable bonds is 2. The van der Waals surface area contributed by atoms with Gasteiger partial charge < -0.3 is 24.9 Å². The lowest BCUT2D eigenvalue weighted by Gasteiger charge is -2.31. The summed E-state index contributed by atoms with van der Waals surface area (Å²) in [4.78, 5) is 21.6. The highest BCUT2D eigenvalue weighted by atomic mass is 79.9. The van der Waals surface area contributed by atoms with Crippen molar-refractivity contribution in [1.29, 1.82) is 0 Å². The van der Waals surface area contributed by atoms with Crippen molar-refractivity contribution in [2.75, 3.05) is 6.61 Å². The van der Waals surface area contributed by atoms with E-state index in [1.807, 2.05) is 0 Å². The normalized spacial score (nSPS) is 13.2. The Morgan fingerprint density at radius 2 is 1.43 bits per heavy atom. The maximum atomic E-state index is 9.22. The minimum Gasteiger partial charge on any atom is -0.396 e. The van der Waals surface area contributed by atoms with Gasteiger partial charge in [-0.3, -0.25) is 0 Å². The monoisotopic (exact) mass is 358 g/mol. The maximum Gasteiger partial charge on any atom is 0.466 e. The van der Waals surface area contributed by atoms with Crippen molar-refractivity contribution in [3.63, 3.8) is 0 Å². The molecule has 0 aromatic heterocycles. The van der Waals surface area contributed by atoms with E-state index in [1.165, 1.54) is 0 Å². The molecule has 0 saturated heterocycles. The van der Waals surface area contributed by atoms with Crippen LogP contribution in [0.15, 0.2) is 0 Å². The van der Waals surface area contributed by atoms with E-state index in [2.05, 4.69) is 31.9 Å². The first-order valence-corrected chi connectivity index (χ1v) is 6.46. The molecule has 0 radical (unpaired) electrons. The SMILES string of the molecule is CC(C)(CO)C(O)(Br)Br.O=P(O)(O)O. The second-order valence-electron chi connectivity index (χ2n) is 3.10. The van der Waals surface area contributed by atoms with Gasteiger partial charge in [0.1, 0.15) is 0 Å². The van der Waals surface area contributed by atoms with Crippen LogP contribution in [0.5, 0.6) is 0 Å². The Balaban J connectivity index is 0. The first-order chi connectivity index (χ1) is 5.81. The summed E-state index contributed by atoms with van der Waals surface area (Å²) in [5.74, 6) is 0. The lowest BCUT2D eigenvalue weighted by molar-refractivity contribution is 0.0508. The van der Waals surface area contributed by atoms with E-state index in [4.69, 9.17) is 24.4 Å². The van der Waals surface area contributed by atoms with Gasteiger partial charge in [0.15, 0.2) is 3.42 Å². The topological polar surface area (TPSA) is 118 Å². The molecule has 0 aliphatic heterocycles. The number of phosphoric acid groups is 1. The summed E-state index contributed by atoms with van der Waals surface area (Å²) in [5.41, 5.74) is -0.576. The Bertz CT molecular complexity index is 198. The van der Waals surface area contributed by atoms with Gasteiger partial charge in [-0.1, -0.05) is 13.8 Å². The zero-order valence-corrected chi connectivity index (χ0v) is 11.6. The minimum absolute atomic E-state index is 0.0833. The molecule has 0 spiro atoms. The predicted octanol–water partition coefficient (Wildman–Crippen LogP) is 0.512. The van der Waals surface area contributed by atoms with Crippen LogP contribution in [0.1, 0.15) is 13.8 Å². The fourth-order valence-electron chi connectivity index (χ4n) is 0.0951. The van der Waals surface area contributed by atoms with E-state index in [9.17, 15) is 5.11 Å². The number of aliphatic hydroxyl groups excluding tert-OH is 1. The predicted molar refractivity (Wildman–Crippen MR) is 57.9 cm³/mol. The highest BCUT2D eigenvalue weighted by Crippen LogP contribution is 2.40. The summed E-state index contributed by atoms with van der Waals surface area (Å²) < 4.78 is 7.70. The third-order valence-electron chi connectivity index (χ3n) is 1.21. The minimum atomic E-state index is -4.64. The molecule has 0 atom stereocenters. The fraction of sp³-hybridized carbons (Fsp3) is 1.00. The second-order valence-corrected chi connectivity index (χ2v) is 7.48. The van der Waals surface area contributed by atoms with E-state index >= 15 is 0 Å². The van der Waals surface area contributed by atoms with Crippen molar-refractivity contribution in [3.8, 4) is 0 Å². The van der Waals surface area contributed by atoms with Crippen LogP contribution in [-0.4, -0.2) is 34.9 Å². The molecule has 0 aromatic rings. The Morgan fingerprint density at radius 1 is 1.21 bits per heavy atom. The highest BCUT2D eigenvalue weighted by Gasteiger charge is 2.38. The highest BCUT2D eigenvalue weighted by molar-refractivity contribution is 9.25. The molecule has 0 rings (SSSR count). The number of hydrogen-bond donors (Lipinski definition) is 5. The van der Waals surface area contributed by atoms with Crippen LogP contribution < -0.4 is 0 Å². The van der Waals surface area contributed by atoms with Crippen molar-refractivity contribution < 1.29 is 29.5 Å². The van der Waals surface area contributed by atoms with Crippen LogP contribution >= 0.6 is 39.7 Å². The summed E-state index contributed by atoms with van der Waals surface area (Å²) in [6.07, 6.45) is 0. The third-order valence-corrected chi connectivity index (χ3v) is 3.36. The molecule has 0 aromatic carbocycles. The average Bonchev–Trinajstić information content (AvgIpc) is 1.81. The molecule has 0 heterocycles. The van der Waals surface area contributed by atoms with Gasteiger partial charge in [0.2, 0.25) is 0 Å². The van der Waals surface area contributed by atoms with Crippen LogP contribution in [0.3, 0.4) is 0 Å². The summed E-state index contributed by atoms with van der Waals surface area (Å²) in [7, 11) is -4.64. The van der Waals surface area contributed by atoms with Gasteiger partial charge in [-0.05, 0) is 31.9 Å². The molecule has 0 saturated carbocycles. The number of aliphatic hydroxyl groups is 2. The fourth-order valence-corrected chi connectivity index (χ4v) is 0.346. The van der Waals surface area contributed by atoms with Crippen LogP contribution in [0.25, 0.3) is 0 Å². The molecule has 0 bridgehead atoms. The van der Waals surface area contributed by atoms with Crippen LogP contribution in [0.2, 0.25) is 0 Å². The van der Waals surface area contributed by atoms with Crippen molar-refractivity contribution in [1.82, 2.24) is 0 Å². The Labute approximate surface area is 98.5 Å². The molecule has 0 aliphatic carbocycles. The lowest BCUT2D eigenvalue weighted by atomic mass is 9.96. The van der Waals surface area contributed by atoms with Gasteiger partial charge in [0, 0.05) is 5.41 Å². The second kappa shape index (κ2) is 5.91.